The number of nitrogens with one attached hydrogen (secondary N) is 1. The zero-order chi connectivity index (χ0) is 16.8. The Morgan fingerprint density at radius 1 is 1.35 bits per heavy atom. The number of rotatable bonds is 6. The number of anilines is 1. The first-order chi connectivity index (χ1) is 11.0. The number of amides is 1. The molecule has 0 atom stereocenters. The summed E-state index contributed by atoms with van der Waals surface area (Å²) in [5.41, 5.74) is 0.514. The average molecular weight is 349 g/mol. The predicted octanol–water partition coefficient (Wildman–Crippen LogP) is 4.78. The van der Waals surface area contributed by atoms with Gasteiger partial charge in [-0.05, 0) is 24.3 Å². The topological polar surface area (TPSA) is 72.2 Å². The lowest BCUT2D eigenvalue weighted by Crippen LogP contribution is -2.12. The maximum absolute atomic E-state index is 12.3. The number of nitrogens with zero attached hydrogens (tertiary/aromatic N) is 1. The Morgan fingerprint density at radius 2 is 2.09 bits per heavy atom. The van der Waals surface area contributed by atoms with Crippen molar-refractivity contribution in [3.05, 3.63) is 75.8 Å². The van der Waals surface area contributed by atoms with Crippen LogP contribution in [0.15, 0.2) is 60.0 Å². The molecule has 0 spiro atoms. The zero-order valence-electron chi connectivity index (χ0n) is 12.0. The molecule has 2 aromatic carbocycles. The molecule has 0 heterocycles. The average Bonchev–Trinajstić information content (AvgIpc) is 2.54. The van der Waals surface area contributed by atoms with Gasteiger partial charge in [0.2, 0.25) is 0 Å². The molecule has 118 valence electrons. The summed E-state index contributed by atoms with van der Waals surface area (Å²) in [6.45, 7) is 3.66. The first-order valence-electron chi connectivity index (χ1n) is 6.61. The van der Waals surface area contributed by atoms with Gasteiger partial charge in [-0.3, -0.25) is 14.9 Å². The van der Waals surface area contributed by atoms with Gasteiger partial charge in [0.05, 0.1) is 10.6 Å². The fourth-order valence-electron chi connectivity index (χ4n) is 1.83. The molecular formula is C16H13ClN2O3S. The van der Waals surface area contributed by atoms with Crippen LogP contribution in [0.5, 0.6) is 0 Å². The lowest BCUT2D eigenvalue weighted by molar-refractivity contribution is -0.384. The summed E-state index contributed by atoms with van der Waals surface area (Å²) in [4.78, 5) is 23.5. The van der Waals surface area contributed by atoms with Crippen LogP contribution in [0.2, 0.25) is 5.02 Å². The molecule has 0 aromatic heterocycles. The van der Waals surface area contributed by atoms with Crippen LogP contribution in [-0.4, -0.2) is 16.6 Å². The van der Waals surface area contributed by atoms with E-state index in [2.05, 4.69) is 11.9 Å². The predicted molar refractivity (Wildman–Crippen MR) is 93.4 cm³/mol. The number of hydrogen-bond donors (Lipinski definition) is 1. The Labute approximate surface area is 142 Å². The lowest BCUT2D eigenvalue weighted by Gasteiger charge is -2.10. The Kier molecular flexibility index (Phi) is 5.78. The van der Waals surface area contributed by atoms with Gasteiger partial charge in [-0.15, -0.1) is 18.3 Å². The fraction of sp³-hybridized carbons (Fsp3) is 0.0625. The normalized spacial score (nSPS) is 10.1. The number of benzene rings is 2. The number of carbonyl (C=O) groups excluding carboxylic acids is 1. The quantitative estimate of drug-likeness (QED) is 0.353. The summed E-state index contributed by atoms with van der Waals surface area (Å²) in [5.74, 6) is 0.274. The Morgan fingerprint density at radius 3 is 2.78 bits per heavy atom. The van der Waals surface area contributed by atoms with Crippen LogP contribution in [0.1, 0.15) is 10.4 Å². The second-order valence-corrected chi connectivity index (χ2v) is 5.94. The summed E-state index contributed by atoms with van der Waals surface area (Å²) in [6, 6.07) is 11.3. The maximum atomic E-state index is 12.3. The summed E-state index contributed by atoms with van der Waals surface area (Å²) < 4.78 is 0. The highest BCUT2D eigenvalue weighted by molar-refractivity contribution is 7.99. The molecule has 23 heavy (non-hydrogen) atoms. The second-order valence-electron chi connectivity index (χ2n) is 4.47. The maximum Gasteiger partial charge on any atom is 0.288 e. The van der Waals surface area contributed by atoms with E-state index < -0.39 is 10.8 Å². The van der Waals surface area contributed by atoms with Crippen LogP contribution >= 0.6 is 23.4 Å². The lowest BCUT2D eigenvalue weighted by atomic mass is 10.2. The van der Waals surface area contributed by atoms with Crippen molar-refractivity contribution in [1.29, 1.82) is 0 Å². The van der Waals surface area contributed by atoms with E-state index in [0.717, 1.165) is 11.0 Å². The number of halogens is 1. The number of para-hydroxylation sites is 1. The molecule has 0 radical (unpaired) electrons. The van der Waals surface area contributed by atoms with E-state index in [-0.39, 0.29) is 16.3 Å². The van der Waals surface area contributed by atoms with E-state index in [4.69, 9.17) is 11.6 Å². The molecular weight excluding hydrogens is 336 g/mol. The van der Waals surface area contributed by atoms with E-state index in [9.17, 15) is 14.9 Å². The van der Waals surface area contributed by atoms with Crippen molar-refractivity contribution in [1.82, 2.24) is 0 Å². The summed E-state index contributed by atoms with van der Waals surface area (Å²) in [6.07, 6.45) is 1.77. The van der Waals surface area contributed by atoms with Crippen molar-refractivity contribution in [2.75, 3.05) is 11.1 Å². The molecule has 1 N–H and O–H groups in total. The van der Waals surface area contributed by atoms with Gasteiger partial charge in [0, 0.05) is 22.3 Å². The molecule has 0 bridgehead atoms. The Hall–Kier alpha value is -2.31. The van der Waals surface area contributed by atoms with Gasteiger partial charge >= 0.3 is 0 Å². The van der Waals surface area contributed by atoms with Gasteiger partial charge in [0.1, 0.15) is 5.02 Å². The number of nitro groups is 1. The number of hydrogen-bond acceptors (Lipinski definition) is 4. The Bertz CT molecular complexity index is 765. The van der Waals surface area contributed by atoms with Gasteiger partial charge in [-0.1, -0.05) is 29.8 Å². The first kappa shape index (κ1) is 17.1. The first-order valence-corrected chi connectivity index (χ1v) is 7.97. The molecule has 7 heteroatoms. The van der Waals surface area contributed by atoms with Gasteiger partial charge in [-0.2, -0.15) is 0 Å². The zero-order valence-corrected chi connectivity index (χ0v) is 13.6. The van der Waals surface area contributed by atoms with E-state index in [1.54, 1.807) is 18.2 Å². The van der Waals surface area contributed by atoms with Crippen LogP contribution in [0.3, 0.4) is 0 Å². The molecule has 0 fully saturated rings. The largest absolute Gasteiger partial charge is 0.321 e. The molecule has 0 aliphatic rings. The fourth-order valence-corrected chi connectivity index (χ4v) is 2.77. The van der Waals surface area contributed by atoms with Crippen molar-refractivity contribution in [3.63, 3.8) is 0 Å². The number of thioether (sulfide) groups is 1. The summed E-state index contributed by atoms with van der Waals surface area (Å²) in [7, 11) is 0. The van der Waals surface area contributed by atoms with Gasteiger partial charge < -0.3 is 5.32 Å². The smallest absolute Gasteiger partial charge is 0.288 e. The van der Waals surface area contributed by atoms with E-state index in [1.165, 1.54) is 23.9 Å². The van der Waals surface area contributed by atoms with Crippen molar-refractivity contribution < 1.29 is 9.72 Å². The number of nitro benzene ring substituents is 1. The highest BCUT2D eigenvalue weighted by Gasteiger charge is 2.17. The summed E-state index contributed by atoms with van der Waals surface area (Å²) >= 11 is 7.29. The summed E-state index contributed by atoms with van der Waals surface area (Å²) in [5, 5.41) is 13.7. The van der Waals surface area contributed by atoms with Crippen LogP contribution in [0, 0.1) is 10.1 Å². The second kappa shape index (κ2) is 7.80. The van der Waals surface area contributed by atoms with Gasteiger partial charge in [-0.25, -0.2) is 0 Å². The van der Waals surface area contributed by atoms with Gasteiger partial charge in [0.15, 0.2) is 0 Å². The minimum Gasteiger partial charge on any atom is -0.321 e. The highest BCUT2D eigenvalue weighted by Crippen LogP contribution is 2.29. The van der Waals surface area contributed by atoms with Crippen molar-refractivity contribution in [3.8, 4) is 0 Å². The molecule has 0 aliphatic carbocycles. The van der Waals surface area contributed by atoms with Crippen LogP contribution < -0.4 is 5.32 Å². The van der Waals surface area contributed by atoms with E-state index in [1.807, 2.05) is 12.1 Å². The number of carbonyl (C=O) groups is 1. The third-order valence-corrected chi connectivity index (χ3v) is 4.29. The molecule has 2 rings (SSSR count). The molecule has 0 unspecified atom stereocenters. The molecule has 2 aromatic rings. The molecule has 0 aliphatic heterocycles. The van der Waals surface area contributed by atoms with E-state index in [0.29, 0.717) is 11.4 Å². The molecule has 0 saturated heterocycles. The monoisotopic (exact) mass is 348 g/mol. The SMILES string of the molecule is C=CCSc1ccccc1NC(=O)c1ccc(Cl)c([N+](=O)[O-])c1. The van der Waals surface area contributed by atoms with Crippen molar-refractivity contribution in [2.24, 2.45) is 0 Å². The molecule has 1 amide bonds. The van der Waals surface area contributed by atoms with Crippen LogP contribution in [0.25, 0.3) is 0 Å². The Balaban J connectivity index is 2.24. The third kappa shape index (κ3) is 4.34. The van der Waals surface area contributed by atoms with Crippen molar-refractivity contribution >= 4 is 40.6 Å². The standard InChI is InChI=1S/C16H13ClN2O3S/c1-2-9-23-15-6-4-3-5-13(15)18-16(20)11-7-8-12(17)14(10-11)19(21)22/h2-8,10H,1,9H2,(H,18,20). The highest BCUT2D eigenvalue weighted by atomic mass is 35.5. The molecule has 5 nitrogen and oxygen atoms in total. The van der Waals surface area contributed by atoms with Gasteiger partial charge in [0.25, 0.3) is 11.6 Å². The van der Waals surface area contributed by atoms with Crippen LogP contribution in [0.4, 0.5) is 11.4 Å². The molecule has 0 saturated carbocycles. The van der Waals surface area contributed by atoms with Crippen molar-refractivity contribution in [2.45, 2.75) is 4.90 Å². The minimum absolute atomic E-state index is 0.00603. The van der Waals surface area contributed by atoms with E-state index >= 15 is 0 Å². The minimum atomic E-state index is -0.618. The third-order valence-electron chi connectivity index (χ3n) is 2.90. The van der Waals surface area contributed by atoms with Crippen LogP contribution in [-0.2, 0) is 0 Å².